The van der Waals surface area contributed by atoms with Crippen molar-refractivity contribution in [3.8, 4) is 11.1 Å². The monoisotopic (exact) mass is 2340 g/mol. The van der Waals surface area contributed by atoms with E-state index in [0.717, 1.165) is 55.7 Å². The van der Waals surface area contributed by atoms with Crippen LogP contribution in [0.1, 0.15) is 46.4 Å². The molecule has 0 atom stereocenters. The van der Waals surface area contributed by atoms with Gasteiger partial charge in [0.05, 0.1) is 31.6 Å². The molecule has 26 heteroatoms. The summed E-state index contributed by atoms with van der Waals surface area (Å²) in [6.07, 6.45) is 6.91. The first-order chi connectivity index (χ1) is 68.6. The van der Waals surface area contributed by atoms with Crippen LogP contribution in [0.15, 0.2) is 430 Å². The van der Waals surface area contributed by atoms with Crippen molar-refractivity contribution in [2.24, 2.45) is 0 Å². The number of halogens is 5. The number of rotatable bonds is 12. The molecule has 0 spiro atoms. The van der Waals surface area contributed by atoms with E-state index in [1.165, 1.54) is 171 Å². The molecule has 712 valence electrons. The number of hydrogen-bond acceptors (Lipinski definition) is 16. The van der Waals surface area contributed by atoms with Gasteiger partial charge in [-0.1, -0.05) is 319 Å². The molecule has 0 radical (unpaired) electrons. The van der Waals surface area contributed by atoms with E-state index in [1.807, 2.05) is 93.1 Å². The molecule has 0 aliphatic heterocycles. The van der Waals surface area contributed by atoms with Crippen molar-refractivity contribution in [3.63, 3.8) is 0 Å². The molecule has 0 bridgehead atoms. The molecule has 0 saturated carbocycles. The van der Waals surface area contributed by atoms with Gasteiger partial charge in [0.1, 0.15) is 35.6 Å². The smallest absolute Gasteiger partial charge is 1.00 e. The van der Waals surface area contributed by atoms with Crippen LogP contribution in [-0.4, -0.2) is 88.2 Å². The van der Waals surface area contributed by atoms with Gasteiger partial charge in [-0.3, -0.25) is 9.35 Å². The third-order valence-electron chi connectivity index (χ3n) is 22.5. The van der Waals surface area contributed by atoms with Crippen LogP contribution in [0.3, 0.4) is 0 Å². The number of benzene rings is 18. The van der Waals surface area contributed by atoms with Crippen LogP contribution >= 0.6 is 128 Å². The molecule has 12 nitrogen and oxygen atoms in total. The van der Waals surface area contributed by atoms with Crippen molar-refractivity contribution in [2.75, 3.05) is 34.7 Å². The summed E-state index contributed by atoms with van der Waals surface area (Å²) in [5.74, 6) is -0.895. The summed E-state index contributed by atoms with van der Waals surface area (Å²) in [7, 11) is -2.74. The van der Waals surface area contributed by atoms with Crippen molar-refractivity contribution in [3.05, 3.63) is 462 Å². The van der Waals surface area contributed by atoms with E-state index in [4.69, 9.17) is 29.6 Å². The normalized spacial score (nSPS) is 10.8. The van der Waals surface area contributed by atoms with E-state index in [9.17, 15) is 22.8 Å². The Labute approximate surface area is 917 Å². The number of aliphatic hydroxyl groups excluding tert-OH is 1. The topological polar surface area (TPSA) is 208 Å². The molecule has 0 unspecified atom stereocenters. The zero-order valence-electron chi connectivity index (χ0n) is 78.1. The van der Waals surface area contributed by atoms with Crippen LogP contribution in [0.2, 0.25) is 0 Å². The maximum Gasteiger partial charge on any atom is 1.00 e. The molecule has 5 heterocycles. The van der Waals surface area contributed by atoms with Crippen LogP contribution in [0, 0.1) is 0 Å². The quantitative estimate of drug-likeness (QED) is 0.0296. The molecular formula is C117H92BBr5NaO12PS6. The van der Waals surface area contributed by atoms with Crippen LogP contribution in [0.5, 0.6) is 0 Å². The fraction of sp³-hybridized carbons (Fsp3) is 0.0513. The maximum atomic E-state index is 12.2. The second-order valence-electron chi connectivity index (χ2n) is 31.5. The first kappa shape index (κ1) is 111. The van der Waals surface area contributed by atoms with Gasteiger partial charge in [0.15, 0.2) is 0 Å². The Morgan fingerprint density at radius 1 is 0.364 bits per heavy atom. The first-order valence-corrected chi connectivity index (χ1v) is 55.1. The summed E-state index contributed by atoms with van der Waals surface area (Å²) < 4.78 is 50.4. The number of thiophene rings is 5. The van der Waals surface area contributed by atoms with Gasteiger partial charge in [-0.25, -0.2) is 9.59 Å². The summed E-state index contributed by atoms with van der Waals surface area (Å²) in [6, 6.07) is 143. The Hall–Kier alpha value is -10.7. The van der Waals surface area contributed by atoms with Gasteiger partial charge >= 0.3 is 48.6 Å². The van der Waals surface area contributed by atoms with Crippen molar-refractivity contribution in [1.82, 2.24) is 0 Å². The molecule has 4 N–H and O–H groups in total. The third kappa shape index (κ3) is 28.3. The molecule has 23 aromatic rings. The molecular weight excluding hydrogens is 2250 g/mol. The van der Waals surface area contributed by atoms with Gasteiger partial charge in [-0.05, 0) is 235 Å². The molecule has 0 aliphatic carbocycles. The van der Waals surface area contributed by atoms with Gasteiger partial charge in [0.2, 0.25) is 0 Å². The Balaban J connectivity index is 0.000000150. The minimum absolute atomic E-state index is 0. The molecule has 143 heavy (non-hydrogen) atoms. The Bertz CT molecular complexity index is 8080. The Morgan fingerprint density at radius 3 is 1.13 bits per heavy atom. The molecule has 5 aromatic heterocycles. The van der Waals surface area contributed by atoms with E-state index in [2.05, 4.69) is 420 Å². The van der Waals surface area contributed by atoms with Crippen LogP contribution < -0.4 is 73.0 Å². The van der Waals surface area contributed by atoms with E-state index < -0.39 is 30.5 Å². The van der Waals surface area contributed by atoms with Gasteiger partial charge < -0.3 is 46.7 Å². The predicted octanol–water partition coefficient (Wildman–Crippen LogP) is 24.3. The minimum Gasteiger partial charge on any atom is -1.00 e. The SMILES string of the molecule is Brc1ccc(/C=C\c2cc3ccccc3s2)cc1.Brc1ccc2ccc3sc4ccccc4c3c2c1.Brc1ccc2ccc3sc4ccccc4c3c2c1.CO.COC(=O)c1ccccc1-c1ccc2ccc3sc4ccccc4c3c2c1.COC(=O)c1ccccc1B(O)O.CS(=O)(=O)O.C[O-].O=Cc1ccc(Br)cc1.[Br-].[Na+].c1ccc([P+](Cc2cc3ccccc3s2)(c2ccccc2)c2ccccc2)cc1. The zero-order valence-corrected chi connectivity index (χ0v) is 93.8. The second kappa shape index (κ2) is 53.9. The number of carbonyl (C=O) groups excluding carboxylic acids is 3. The number of carbonyl (C=O) groups is 3. The summed E-state index contributed by atoms with van der Waals surface area (Å²) >= 11 is 23.2. The average molecular weight is 2350 g/mol. The first-order valence-electron chi connectivity index (χ1n) is 44.1. The summed E-state index contributed by atoms with van der Waals surface area (Å²) in [4.78, 5) is 36.1. The fourth-order valence-corrected chi connectivity index (χ4v) is 27.6. The molecule has 0 fully saturated rings. The average Bonchev–Trinajstić information content (AvgIpc) is 1.76. The van der Waals surface area contributed by atoms with Crippen molar-refractivity contribution >= 4 is 310 Å². The molecule has 0 aliphatic rings. The predicted molar refractivity (Wildman–Crippen MR) is 617 cm³/mol. The van der Waals surface area contributed by atoms with Gasteiger partial charge in [0, 0.05) is 110 Å². The number of methoxy groups -OCH3 is 2. The minimum atomic E-state index is -3.67. The van der Waals surface area contributed by atoms with E-state index in [1.54, 1.807) is 24.3 Å². The fourth-order valence-electron chi connectivity index (χ4n) is 16.3. The number of esters is 2. The van der Waals surface area contributed by atoms with E-state index in [-0.39, 0.29) is 63.5 Å². The van der Waals surface area contributed by atoms with E-state index in [0.29, 0.717) is 17.4 Å². The second-order valence-corrected chi connectivity index (χ2v) is 45.6. The molecule has 0 amide bonds. The van der Waals surface area contributed by atoms with Crippen molar-refractivity contribution in [2.45, 2.75) is 6.16 Å². The third-order valence-corrected chi connectivity index (χ3v) is 34.7. The van der Waals surface area contributed by atoms with Gasteiger partial charge in [-0.15, -0.1) is 56.7 Å². The van der Waals surface area contributed by atoms with Gasteiger partial charge in [-0.2, -0.15) is 15.5 Å². The Morgan fingerprint density at radius 2 is 0.706 bits per heavy atom. The standard InChI is InChI=1S/C27H22PS.C24H16O2S.2C16H9BrS.C16H11BrS.C8H9BO4.C7H5BrO.CH4O3S.CH4O.CH3O.BrH.Na/c1-4-13-23(14-5-1)28(24-15-6-2-7-16-24,25-17-8-3-9-18-25)21-26-20-22-12-10-11-19-27(22)29-26;1-26-24(25)18-7-3-2-6-17(18)16-11-10-15-12-13-22-23(20(15)14-16)19-8-4-5-9-21(19)27-22;2*17-11-7-5-10-6-8-15-16(13(10)9-11)12-3-1-2-4-14(12)18-15;17-14-8-5-12(6-9-14)7-10-15-11-13-3-1-2-4-16(13)18-15;1-13-8(10)6-4-2-3-5-7(6)9(11)12;8-7-3-1-6(5-9)2-4-7;1-5(2,3)4;2*1-2;;/h1-20H,21H2;2-14H,1H3;2*1-9H;1-11H;2-5,11-12H,1H3;1-5H;1H3,(H,2,3,4);2H,1H3;1H3;1H;/q+1;;;;;;;;;-1;;+1/p-1/b;;;;10-7-;;;;;;;. The maximum absolute atomic E-state index is 12.2. The van der Waals surface area contributed by atoms with Crippen LogP contribution in [0.4, 0.5) is 0 Å². The molecule has 0 saturated heterocycles. The number of fused-ring (bicyclic) bond motifs is 17. The number of ether oxygens (including phenoxy) is 2. The Kier molecular flexibility index (Phi) is 41.9. The van der Waals surface area contributed by atoms with Crippen molar-refractivity contribution < 1.29 is 104 Å². The van der Waals surface area contributed by atoms with Gasteiger partial charge in [0.25, 0.3) is 10.1 Å². The van der Waals surface area contributed by atoms with Crippen LogP contribution in [-0.2, 0) is 25.8 Å². The summed E-state index contributed by atoms with van der Waals surface area (Å²) in [6.45, 7) is 0. The summed E-state index contributed by atoms with van der Waals surface area (Å²) in [5.41, 5.74) is 4.74. The number of aldehydes is 1. The van der Waals surface area contributed by atoms with Crippen LogP contribution in [0.25, 0.3) is 136 Å². The summed E-state index contributed by atoms with van der Waals surface area (Å²) in [5, 5.41) is 55.8. The largest absolute Gasteiger partial charge is 1.00 e. The number of hydrogen-bond donors (Lipinski definition) is 4. The molecule has 23 rings (SSSR count). The van der Waals surface area contributed by atoms with Crippen molar-refractivity contribution in [1.29, 1.82) is 0 Å². The molecule has 18 aromatic carbocycles. The zero-order chi connectivity index (χ0) is 99.5. The van der Waals surface area contributed by atoms with E-state index >= 15 is 0 Å². The number of aliphatic hydroxyl groups is 1.